The Morgan fingerprint density at radius 3 is 2.82 bits per heavy atom. The molecule has 5 heteroatoms. The third-order valence-electron chi connectivity index (χ3n) is 3.56. The van der Waals surface area contributed by atoms with Crippen LogP contribution in [0, 0.1) is 5.41 Å². The van der Waals surface area contributed by atoms with Crippen molar-refractivity contribution < 1.29 is 4.74 Å². The first kappa shape index (κ1) is 12.9. The predicted octanol–water partition coefficient (Wildman–Crippen LogP) is 1.98. The molecule has 96 valence electrons. The van der Waals surface area contributed by atoms with Crippen molar-refractivity contribution in [3.05, 3.63) is 17.2 Å². The molecule has 0 aromatic carbocycles. The Bertz CT molecular complexity index is 372. The number of halogens is 1. The first-order chi connectivity index (χ1) is 8.11. The molecule has 0 saturated carbocycles. The molecule has 1 aromatic rings. The van der Waals surface area contributed by atoms with Gasteiger partial charge in [-0.1, -0.05) is 18.5 Å². The van der Waals surface area contributed by atoms with E-state index in [-0.39, 0.29) is 0 Å². The van der Waals surface area contributed by atoms with Crippen LogP contribution in [0.4, 0.5) is 0 Å². The van der Waals surface area contributed by atoms with E-state index in [9.17, 15) is 0 Å². The number of rotatable bonds is 4. The second-order valence-electron chi connectivity index (χ2n) is 5.08. The van der Waals surface area contributed by atoms with E-state index >= 15 is 0 Å². The Morgan fingerprint density at radius 1 is 1.53 bits per heavy atom. The van der Waals surface area contributed by atoms with E-state index in [4.69, 9.17) is 16.3 Å². The van der Waals surface area contributed by atoms with E-state index in [0.29, 0.717) is 10.6 Å². The number of hydrogen-bond acceptors (Lipinski definition) is 3. The summed E-state index contributed by atoms with van der Waals surface area (Å²) in [6.07, 6.45) is 3.94. The summed E-state index contributed by atoms with van der Waals surface area (Å²) in [5.74, 6) is 0.977. The zero-order chi connectivity index (χ0) is 12.3. The highest BCUT2D eigenvalue weighted by Crippen LogP contribution is 2.28. The maximum Gasteiger partial charge on any atom is 0.128 e. The molecule has 4 nitrogen and oxygen atoms in total. The van der Waals surface area contributed by atoms with E-state index in [1.165, 1.54) is 0 Å². The Morgan fingerprint density at radius 2 is 2.24 bits per heavy atom. The smallest absolute Gasteiger partial charge is 0.128 e. The van der Waals surface area contributed by atoms with Crippen LogP contribution in [0.1, 0.15) is 25.6 Å². The number of hydrogen-bond donors (Lipinski definition) is 1. The molecule has 1 aromatic heterocycles. The van der Waals surface area contributed by atoms with Crippen LogP contribution < -0.4 is 5.32 Å². The molecule has 0 atom stereocenters. The fourth-order valence-electron chi connectivity index (χ4n) is 2.11. The molecule has 0 unspecified atom stereocenters. The van der Waals surface area contributed by atoms with Gasteiger partial charge in [-0.15, -0.1) is 0 Å². The van der Waals surface area contributed by atoms with Crippen LogP contribution >= 0.6 is 11.6 Å². The highest BCUT2D eigenvalue weighted by Gasteiger charge is 2.26. The highest BCUT2D eigenvalue weighted by atomic mass is 35.5. The van der Waals surface area contributed by atoms with Gasteiger partial charge in [-0.3, -0.25) is 0 Å². The minimum Gasteiger partial charge on any atom is -0.381 e. The third kappa shape index (κ3) is 3.21. The van der Waals surface area contributed by atoms with Gasteiger partial charge < -0.3 is 14.6 Å². The van der Waals surface area contributed by atoms with Crippen molar-refractivity contribution in [2.24, 2.45) is 12.5 Å². The molecule has 17 heavy (non-hydrogen) atoms. The summed E-state index contributed by atoms with van der Waals surface area (Å²) in [7, 11) is 1.93. The van der Waals surface area contributed by atoms with Crippen LogP contribution in [0.25, 0.3) is 0 Å². The lowest BCUT2D eigenvalue weighted by atomic mass is 9.82. The van der Waals surface area contributed by atoms with Crippen LogP contribution in [-0.2, 0) is 18.3 Å². The number of nitrogens with one attached hydrogen (secondary N) is 1. The molecule has 1 aliphatic rings. The van der Waals surface area contributed by atoms with E-state index in [2.05, 4.69) is 17.2 Å². The molecule has 0 spiro atoms. The van der Waals surface area contributed by atoms with Gasteiger partial charge in [-0.05, 0) is 18.3 Å². The third-order valence-corrected chi connectivity index (χ3v) is 3.91. The van der Waals surface area contributed by atoms with Gasteiger partial charge in [-0.2, -0.15) is 0 Å². The maximum atomic E-state index is 5.94. The molecule has 1 N–H and O–H groups in total. The molecular weight excluding hydrogens is 238 g/mol. The van der Waals surface area contributed by atoms with E-state index in [0.717, 1.165) is 45.0 Å². The highest BCUT2D eigenvalue weighted by molar-refractivity contribution is 6.29. The average molecular weight is 258 g/mol. The molecule has 2 rings (SSSR count). The fraction of sp³-hybridized carbons (Fsp3) is 0.750. The van der Waals surface area contributed by atoms with Crippen LogP contribution in [0.2, 0.25) is 5.15 Å². The zero-order valence-corrected chi connectivity index (χ0v) is 11.3. The summed E-state index contributed by atoms with van der Waals surface area (Å²) in [6, 6.07) is 0. The molecule has 0 bridgehead atoms. The average Bonchev–Trinajstić information content (AvgIpc) is 2.62. The summed E-state index contributed by atoms with van der Waals surface area (Å²) in [6.45, 7) is 5.84. The lowest BCUT2D eigenvalue weighted by Gasteiger charge is -2.33. The first-order valence-electron chi connectivity index (χ1n) is 6.05. The van der Waals surface area contributed by atoms with Gasteiger partial charge in [0.1, 0.15) is 11.0 Å². The summed E-state index contributed by atoms with van der Waals surface area (Å²) >= 11 is 5.94. The van der Waals surface area contributed by atoms with Crippen molar-refractivity contribution in [2.75, 3.05) is 19.8 Å². The largest absolute Gasteiger partial charge is 0.381 e. The van der Waals surface area contributed by atoms with Gasteiger partial charge in [0.2, 0.25) is 0 Å². The molecule has 0 aliphatic carbocycles. The van der Waals surface area contributed by atoms with Crippen LogP contribution in [0.3, 0.4) is 0 Å². The van der Waals surface area contributed by atoms with Gasteiger partial charge in [0.25, 0.3) is 0 Å². The topological polar surface area (TPSA) is 39.1 Å². The lowest BCUT2D eigenvalue weighted by Crippen LogP contribution is -2.36. The molecule has 1 aliphatic heterocycles. The van der Waals surface area contributed by atoms with Crippen molar-refractivity contribution in [1.29, 1.82) is 0 Å². The van der Waals surface area contributed by atoms with Gasteiger partial charge in [0.05, 0.1) is 12.7 Å². The summed E-state index contributed by atoms with van der Waals surface area (Å²) in [4.78, 5) is 4.26. The minimum absolute atomic E-state index is 0.354. The Kier molecular flexibility index (Phi) is 4.07. The SMILES string of the molecule is Cn1c(Cl)cnc1CNCC1(C)CCOCC1. The van der Waals surface area contributed by atoms with Crippen LogP contribution in [0.15, 0.2) is 6.20 Å². The second kappa shape index (κ2) is 5.38. The molecule has 1 saturated heterocycles. The quantitative estimate of drug-likeness (QED) is 0.897. The van der Waals surface area contributed by atoms with E-state index < -0.39 is 0 Å². The normalized spacial score (nSPS) is 19.5. The van der Waals surface area contributed by atoms with Crippen molar-refractivity contribution in [1.82, 2.24) is 14.9 Å². The Labute approximate surface area is 107 Å². The van der Waals surface area contributed by atoms with Crippen LogP contribution in [0.5, 0.6) is 0 Å². The van der Waals surface area contributed by atoms with Crippen molar-refractivity contribution >= 4 is 11.6 Å². The van der Waals surface area contributed by atoms with Crippen molar-refractivity contribution in [3.63, 3.8) is 0 Å². The minimum atomic E-state index is 0.354. The van der Waals surface area contributed by atoms with Gasteiger partial charge in [0.15, 0.2) is 0 Å². The standard InChI is InChI=1S/C12H20ClN3O/c1-12(3-5-17-6-4-12)9-14-8-11-15-7-10(13)16(11)2/h7,14H,3-6,8-9H2,1-2H3. The lowest BCUT2D eigenvalue weighted by molar-refractivity contribution is 0.0239. The summed E-state index contributed by atoms with van der Waals surface area (Å²) in [5.41, 5.74) is 0.354. The first-order valence-corrected chi connectivity index (χ1v) is 6.43. The van der Waals surface area contributed by atoms with Crippen LogP contribution in [-0.4, -0.2) is 29.3 Å². The van der Waals surface area contributed by atoms with Gasteiger partial charge in [0, 0.05) is 26.8 Å². The molecule has 2 heterocycles. The van der Waals surface area contributed by atoms with Gasteiger partial charge in [-0.25, -0.2) is 4.98 Å². The van der Waals surface area contributed by atoms with E-state index in [1.54, 1.807) is 6.20 Å². The molecule has 0 radical (unpaired) electrons. The van der Waals surface area contributed by atoms with Crippen molar-refractivity contribution in [2.45, 2.75) is 26.3 Å². The Balaban J connectivity index is 1.81. The number of ether oxygens (including phenoxy) is 1. The number of nitrogens with zero attached hydrogens (tertiary/aromatic N) is 2. The summed E-state index contributed by atoms with van der Waals surface area (Å²) in [5, 5.41) is 4.15. The monoisotopic (exact) mass is 257 g/mol. The van der Waals surface area contributed by atoms with Gasteiger partial charge >= 0.3 is 0 Å². The summed E-state index contributed by atoms with van der Waals surface area (Å²) < 4.78 is 7.29. The number of imidazole rings is 1. The van der Waals surface area contributed by atoms with Crippen molar-refractivity contribution in [3.8, 4) is 0 Å². The number of aromatic nitrogens is 2. The molecule has 1 fully saturated rings. The maximum absolute atomic E-state index is 5.94. The Hall–Kier alpha value is -0.580. The molecular formula is C12H20ClN3O. The predicted molar refractivity (Wildman–Crippen MR) is 68.1 cm³/mol. The molecule has 0 amide bonds. The zero-order valence-electron chi connectivity index (χ0n) is 10.5. The fourth-order valence-corrected chi connectivity index (χ4v) is 2.25. The van der Waals surface area contributed by atoms with E-state index in [1.807, 2.05) is 11.6 Å². The second-order valence-corrected chi connectivity index (χ2v) is 5.47.